The lowest BCUT2D eigenvalue weighted by atomic mass is 10.1. The third kappa shape index (κ3) is 4.75. The van der Waals surface area contributed by atoms with Gasteiger partial charge in [-0.1, -0.05) is 29.8 Å². The van der Waals surface area contributed by atoms with Crippen molar-refractivity contribution >= 4 is 28.4 Å². The maximum Gasteiger partial charge on any atom is 0.321 e. The number of nitrogens with zero attached hydrogens (tertiary/aromatic N) is 5. The van der Waals surface area contributed by atoms with E-state index in [9.17, 15) is 4.79 Å². The zero-order valence-corrected chi connectivity index (χ0v) is 17.5. The molecule has 1 N–H and O–H groups in total. The highest BCUT2D eigenvalue weighted by atomic mass is 32.1. The molecule has 1 fully saturated rings. The van der Waals surface area contributed by atoms with Crippen molar-refractivity contribution in [1.29, 1.82) is 5.26 Å². The Morgan fingerprint density at radius 1 is 1.10 bits per heavy atom. The lowest BCUT2D eigenvalue weighted by molar-refractivity contribution is 0.208. The van der Waals surface area contributed by atoms with Crippen LogP contribution in [0.3, 0.4) is 0 Å². The van der Waals surface area contributed by atoms with Gasteiger partial charge in [0.15, 0.2) is 0 Å². The molecule has 2 aromatic carbocycles. The minimum Gasteiger partial charge on any atom is -0.343 e. The van der Waals surface area contributed by atoms with Crippen molar-refractivity contribution in [3.8, 4) is 6.07 Å². The van der Waals surface area contributed by atoms with E-state index in [0.717, 1.165) is 30.5 Å². The van der Waals surface area contributed by atoms with Crippen molar-refractivity contribution in [2.45, 2.75) is 13.3 Å². The van der Waals surface area contributed by atoms with E-state index in [0.29, 0.717) is 24.3 Å². The molecule has 2 heterocycles. The van der Waals surface area contributed by atoms with E-state index >= 15 is 0 Å². The molecule has 0 radical (unpaired) electrons. The molecule has 1 aliphatic heterocycles. The molecule has 30 heavy (non-hydrogen) atoms. The molecule has 152 valence electrons. The van der Waals surface area contributed by atoms with Crippen LogP contribution in [0.5, 0.6) is 0 Å². The number of piperazine rings is 1. The van der Waals surface area contributed by atoms with Crippen molar-refractivity contribution in [3.05, 3.63) is 71.0 Å². The van der Waals surface area contributed by atoms with E-state index in [2.05, 4.69) is 51.8 Å². The van der Waals surface area contributed by atoms with Gasteiger partial charge in [-0.05, 0) is 36.8 Å². The second-order valence-corrected chi connectivity index (χ2v) is 7.98. The first-order valence-electron chi connectivity index (χ1n) is 9.80. The second-order valence-electron chi connectivity index (χ2n) is 7.25. The standard InChI is InChI=1S/C22H22N6OS/c1-16-2-4-17(5-3-16)14-20-25-22(30-26-20)28-12-10-27(11-13-28)21(29)24-19-8-6-18(15-23)7-9-19/h2-9H,10-14H2,1H3,(H,24,29). The number of benzene rings is 2. The minimum absolute atomic E-state index is 0.128. The van der Waals surface area contributed by atoms with Crippen LogP contribution in [0.25, 0.3) is 0 Å². The highest BCUT2D eigenvalue weighted by molar-refractivity contribution is 7.09. The fourth-order valence-corrected chi connectivity index (χ4v) is 4.00. The monoisotopic (exact) mass is 418 g/mol. The van der Waals surface area contributed by atoms with E-state index in [1.54, 1.807) is 29.2 Å². The van der Waals surface area contributed by atoms with E-state index in [1.807, 2.05) is 0 Å². The minimum atomic E-state index is -0.128. The molecule has 1 aliphatic rings. The van der Waals surface area contributed by atoms with Gasteiger partial charge < -0.3 is 15.1 Å². The molecule has 0 saturated carbocycles. The highest BCUT2D eigenvalue weighted by Gasteiger charge is 2.23. The quantitative estimate of drug-likeness (QED) is 0.699. The van der Waals surface area contributed by atoms with Gasteiger partial charge in [-0.15, -0.1) is 0 Å². The Hall–Kier alpha value is -3.44. The van der Waals surface area contributed by atoms with E-state index in [1.165, 1.54) is 22.7 Å². The summed E-state index contributed by atoms with van der Waals surface area (Å²) in [5.74, 6) is 0.833. The Bertz CT molecular complexity index is 1050. The molecule has 1 aromatic heterocycles. The zero-order valence-electron chi connectivity index (χ0n) is 16.7. The summed E-state index contributed by atoms with van der Waals surface area (Å²) in [6.45, 7) is 4.76. The van der Waals surface area contributed by atoms with Crippen molar-refractivity contribution < 1.29 is 4.79 Å². The van der Waals surface area contributed by atoms with Crippen LogP contribution in [0.1, 0.15) is 22.5 Å². The number of hydrogen-bond acceptors (Lipinski definition) is 6. The van der Waals surface area contributed by atoms with Crippen LogP contribution >= 0.6 is 11.5 Å². The third-order valence-electron chi connectivity index (χ3n) is 5.04. The first-order valence-corrected chi connectivity index (χ1v) is 10.6. The summed E-state index contributed by atoms with van der Waals surface area (Å²) in [6, 6.07) is 17.2. The number of aromatic nitrogens is 2. The van der Waals surface area contributed by atoms with Gasteiger partial charge in [0.05, 0.1) is 11.6 Å². The number of nitriles is 1. The molecule has 7 nitrogen and oxygen atoms in total. The summed E-state index contributed by atoms with van der Waals surface area (Å²) >= 11 is 1.41. The van der Waals surface area contributed by atoms with Gasteiger partial charge in [0.1, 0.15) is 5.82 Å². The summed E-state index contributed by atoms with van der Waals surface area (Å²) in [6.07, 6.45) is 0.726. The van der Waals surface area contributed by atoms with Crippen LogP contribution in [-0.4, -0.2) is 46.5 Å². The molecule has 0 bridgehead atoms. The van der Waals surface area contributed by atoms with Crippen LogP contribution < -0.4 is 10.2 Å². The van der Waals surface area contributed by atoms with Gasteiger partial charge in [-0.3, -0.25) is 0 Å². The predicted octanol–water partition coefficient (Wildman–Crippen LogP) is 3.66. The molecule has 0 spiro atoms. The molecule has 2 amide bonds. The fourth-order valence-electron chi connectivity index (χ4n) is 3.26. The summed E-state index contributed by atoms with van der Waals surface area (Å²) in [5.41, 5.74) is 3.70. The van der Waals surface area contributed by atoms with Crippen molar-refractivity contribution in [2.75, 3.05) is 36.4 Å². The number of aryl methyl sites for hydroxylation is 1. The molecular weight excluding hydrogens is 396 g/mol. The highest BCUT2D eigenvalue weighted by Crippen LogP contribution is 2.21. The molecule has 0 atom stereocenters. The maximum absolute atomic E-state index is 12.5. The molecule has 3 aromatic rings. The van der Waals surface area contributed by atoms with E-state index in [4.69, 9.17) is 10.2 Å². The van der Waals surface area contributed by atoms with Gasteiger partial charge in [-0.2, -0.15) is 9.64 Å². The molecule has 0 aliphatic carbocycles. The first-order chi connectivity index (χ1) is 14.6. The number of urea groups is 1. The second kappa shape index (κ2) is 8.93. The van der Waals surface area contributed by atoms with Gasteiger partial charge in [0, 0.05) is 49.8 Å². The van der Waals surface area contributed by atoms with Crippen molar-refractivity contribution in [1.82, 2.24) is 14.3 Å². The molecule has 8 heteroatoms. The Balaban J connectivity index is 1.29. The Morgan fingerprint density at radius 3 is 2.47 bits per heavy atom. The SMILES string of the molecule is Cc1ccc(Cc2nsc(N3CCN(C(=O)Nc4ccc(C#N)cc4)CC3)n2)cc1. The van der Waals surface area contributed by atoms with Gasteiger partial charge in [-0.25, -0.2) is 9.78 Å². The number of rotatable bonds is 4. The van der Waals surface area contributed by atoms with Gasteiger partial charge in [0.25, 0.3) is 0 Å². The van der Waals surface area contributed by atoms with Crippen LogP contribution in [-0.2, 0) is 6.42 Å². The van der Waals surface area contributed by atoms with Crippen LogP contribution in [0, 0.1) is 18.3 Å². The number of amides is 2. The van der Waals surface area contributed by atoms with Gasteiger partial charge >= 0.3 is 6.03 Å². The average Bonchev–Trinajstić information content (AvgIpc) is 3.24. The van der Waals surface area contributed by atoms with Crippen molar-refractivity contribution in [2.24, 2.45) is 0 Å². The smallest absolute Gasteiger partial charge is 0.321 e. The largest absolute Gasteiger partial charge is 0.343 e. The van der Waals surface area contributed by atoms with Crippen LogP contribution in [0.2, 0.25) is 0 Å². The molecule has 0 unspecified atom stereocenters. The van der Waals surface area contributed by atoms with E-state index < -0.39 is 0 Å². The number of carbonyl (C=O) groups is 1. The molecule has 4 rings (SSSR count). The lowest BCUT2D eigenvalue weighted by Gasteiger charge is -2.34. The Labute approximate surface area is 179 Å². The number of anilines is 2. The predicted molar refractivity (Wildman–Crippen MR) is 118 cm³/mol. The summed E-state index contributed by atoms with van der Waals surface area (Å²) in [5, 5.41) is 12.7. The maximum atomic E-state index is 12.5. The fraction of sp³-hybridized carbons (Fsp3) is 0.273. The van der Waals surface area contributed by atoms with Crippen LogP contribution in [0.15, 0.2) is 48.5 Å². The molecule has 1 saturated heterocycles. The summed E-state index contributed by atoms with van der Waals surface area (Å²) in [7, 11) is 0. The van der Waals surface area contributed by atoms with Crippen molar-refractivity contribution in [3.63, 3.8) is 0 Å². The topological polar surface area (TPSA) is 85.2 Å². The normalized spacial score (nSPS) is 13.7. The average molecular weight is 419 g/mol. The number of nitrogens with one attached hydrogen (secondary N) is 1. The Kier molecular flexibility index (Phi) is 5.91. The zero-order chi connectivity index (χ0) is 20.9. The third-order valence-corrected chi connectivity index (χ3v) is 5.86. The first kappa shape index (κ1) is 19.9. The number of carbonyl (C=O) groups excluding carboxylic acids is 1. The summed E-state index contributed by atoms with van der Waals surface area (Å²) in [4.78, 5) is 21.2. The molecular formula is C22H22N6OS. The lowest BCUT2D eigenvalue weighted by Crippen LogP contribution is -2.50. The number of hydrogen-bond donors (Lipinski definition) is 1. The Morgan fingerprint density at radius 2 is 1.80 bits per heavy atom. The van der Waals surface area contributed by atoms with Crippen LogP contribution in [0.4, 0.5) is 15.6 Å². The van der Waals surface area contributed by atoms with Gasteiger partial charge in [0.2, 0.25) is 5.13 Å². The van der Waals surface area contributed by atoms with E-state index in [-0.39, 0.29) is 6.03 Å². The summed E-state index contributed by atoms with van der Waals surface area (Å²) < 4.78 is 4.51.